The molecule has 0 unspecified atom stereocenters. The van der Waals surface area contributed by atoms with Gasteiger partial charge in [0.2, 0.25) is 0 Å². The van der Waals surface area contributed by atoms with E-state index in [0.29, 0.717) is 10.0 Å². The highest BCUT2D eigenvalue weighted by Crippen LogP contribution is 2.37. The Morgan fingerprint density at radius 3 is 1.27 bits per heavy atom. The van der Waals surface area contributed by atoms with Gasteiger partial charge in [0.15, 0.2) is 0 Å². The molecule has 0 atom stereocenters. The van der Waals surface area contributed by atoms with Crippen molar-refractivity contribution in [3.05, 3.63) is 80.8 Å². The average molecular weight is 325 g/mol. The molecule has 22 heavy (non-hydrogen) atoms. The van der Waals surface area contributed by atoms with E-state index in [-0.39, 0.29) is 0 Å². The minimum absolute atomic E-state index is 0.717. The lowest BCUT2D eigenvalue weighted by Gasteiger charge is -2.02. The second kappa shape index (κ2) is 5.24. The van der Waals surface area contributed by atoms with E-state index in [9.17, 15) is 0 Å². The molecule has 0 radical (unpaired) electrons. The fraction of sp³-hybridized carbons (Fsp3) is 0. The lowest BCUT2D eigenvalue weighted by Crippen LogP contribution is -1.88. The van der Waals surface area contributed by atoms with Crippen LogP contribution >= 0.6 is 23.2 Å². The maximum atomic E-state index is 5.94. The third kappa shape index (κ3) is 2.21. The van der Waals surface area contributed by atoms with Gasteiger partial charge in [-0.05, 0) is 24.3 Å². The number of benzene rings is 2. The van der Waals surface area contributed by atoms with Crippen molar-refractivity contribution in [3.63, 3.8) is 0 Å². The van der Waals surface area contributed by atoms with Crippen molar-refractivity contribution in [1.82, 2.24) is 0 Å². The van der Waals surface area contributed by atoms with Crippen molar-refractivity contribution < 1.29 is 0 Å². The highest BCUT2D eigenvalue weighted by molar-refractivity contribution is 6.31. The molecule has 0 fully saturated rings. The van der Waals surface area contributed by atoms with E-state index in [1.54, 1.807) is 0 Å². The largest absolute Gasteiger partial charge is 0.255 e. The van der Waals surface area contributed by atoms with Gasteiger partial charge in [0, 0.05) is 44.7 Å². The first-order chi connectivity index (χ1) is 10.7. The number of hydrogen-bond acceptors (Lipinski definition) is 2. The second-order valence-corrected chi connectivity index (χ2v) is 5.93. The molecule has 2 heterocycles. The van der Waals surface area contributed by atoms with Crippen LogP contribution in [0.4, 0.5) is 0 Å². The molecule has 0 spiro atoms. The van der Waals surface area contributed by atoms with Gasteiger partial charge in [-0.3, -0.25) is 9.98 Å². The summed E-state index contributed by atoms with van der Waals surface area (Å²) in [5, 5.41) is 1.43. The first kappa shape index (κ1) is 13.5. The summed E-state index contributed by atoms with van der Waals surface area (Å²) in [5.74, 6) is 0. The Hall–Kier alpha value is -2.16. The van der Waals surface area contributed by atoms with Crippen molar-refractivity contribution >= 4 is 47.0 Å². The SMILES string of the molecule is Clc1ccc(C2=C3C=NC(c4ccc(Cl)cc4)=C3C=N2)cc1. The van der Waals surface area contributed by atoms with Gasteiger partial charge in [-0.25, -0.2) is 0 Å². The Balaban J connectivity index is 1.80. The lowest BCUT2D eigenvalue weighted by molar-refractivity contribution is 1.52. The monoisotopic (exact) mass is 324 g/mol. The number of allylic oxidation sites excluding steroid dienone is 2. The summed E-state index contributed by atoms with van der Waals surface area (Å²) in [6, 6.07) is 15.4. The quantitative estimate of drug-likeness (QED) is 0.717. The van der Waals surface area contributed by atoms with Crippen molar-refractivity contribution in [3.8, 4) is 0 Å². The summed E-state index contributed by atoms with van der Waals surface area (Å²) in [7, 11) is 0. The molecule has 0 saturated carbocycles. The van der Waals surface area contributed by atoms with Gasteiger partial charge in [-0.15, -0.1) is 0 Å². The Bertz CT molecular complexity index is 795. The van der Waals surface area contributed by atoms with E-state index >= 15 is 0 Å². The molecule has 2 nitrogen and oxygen atoms in total. The topological polar surface area (TPSA) is 24.7 Å². The number of rotatable bonds is 2. The molecule has 4 heteroatoms. The number of aliphatic imine (C=N–C) groups is 2. The zero-order valence-electron chi connectivity index (χ0n) is 11.4. The van der Waals surface area contributed by atoms with Crippen LogP contribution in [0.5, 0.6) is 0 Å². The van der Waals surface area contributed by atoms with Crippen LogP contribution < -0.4 is 0 Å². The summed E-state index contributed by atoms with van der Waals surface area (Å²) < 4.78 is 0. The zero-order chi connectivity index (χ0) is 15.1. The number of nitrogens with zero attached hydrogens (tertiary/aromatic N) is 2. The minimum atomic E-state index is 0.717. The van der Waals surface area contributed by atoms with E-state index < -0.39 is 0 Å². The van der Waals surface area contributed by atoms with Crippen LogP contribution in [-0.4, -0.2) is 12.4 Å². The van der Waals surface area contributed by atoms with Crippen molar-refractivity contribution in [1.29, 1.82) is 0 Å². The van der Waals surface area contributed by atoms with Gasteiger partial charge in [0.1, 0.15) is 0 Å². The second-order valence-electron chi connectivity index (χ2n) is 5.05. The Morgan fingerprint density at radius 2 is 0.909 bits per heavy atom. The molecular weight excluding hydrogens is 315 g/mol. The van der Waals surface area contributed by atoms with Crippen molar-refractivity contribution in [2.75, 3.05) is 0 Å². The molecule has 0 bridgehead atoms. The highest BCUT2D eigenvalue weighted by Gasteiger charge is 2.24. The van der Waals surface area contributed by atoms with Gasteiger partial charge in [-0.2, -0.15) is 0 Å². The van der Waals surface area contributed by atoms with Crippen LogP contribution in [0.1, 0.15) is 11.1 Å². The minimum Gasteiger partial charge on any atom is -0.255 e. The van der Waals surface area contributed by atoms with Crippen molar-refractivity contribution in [2.24, 2.45) is 9.98 Å². The summed E-state index contributed by atoms with van der Waals surface area (Å²) >= 11 is 11.9. The summed E-state index contributed by atoms with van der Waals surface area (Å²) in [4.78, 5) is 9.10. The van der Waals surface area contributed by atoms with Gasteiger partial charge in [0.05, 0.1) is 11.4 Å². The van der Waals surface area contributed by atoms with Gasteiger partial charge < -0.3 is 0 Å². The number of halogens is 2. The zero-order valence-corrected chi connectivity index (χ0v) is 12.9. The fourth-order valence-corrected chi connectivity index (χ4v) is 2.84. The molecule has 106 valence electrons. The Labute approximate surface area is 138 Å². The van der Waals surface area contributed by atoms with Gasteiger partial charge >= 0.3 is 0 Å². The van der Waals surface area contributed by atoms with Crippen LogP contribution in [0, 0.1) is 0 Å². The van der Waals surface area contributed by atoms with E-state index in [4.69, 9.17) is 23.2 Å². The molecule has 0 saturated heterocycles. The molecule has 2 aromatic rings. The molecular formula is C18H10Cl2N2. The van der Waals surface area contributed by atoms with Gasteiger partial charge in [0.25, 0.3) is 0 Å². The van der Waals surface area contributed by atoms with Crippen LogP contribution in [0.2, 0.25) is 10.0 Å². The average Bonchev–Trinajstić information content (AvgIpc) is 3.11. The van der Waals surface area contributed by atoms with E-state index in [1.165, 1.54) is 0 Å². The molecule has 2 aromatic carbocycles. The standard InChI is InChI=1S/C18H10Cl2N2/c19-13-5-1-11(2-6-13)17-15-9-22-18(16(15)10-21-17)12-3-7-14(20)8-4-12/h1-10H. The molecule has 2 aliphatic rings. The molecule has 0 aliphatic carbocycles. The first-order valence-electron chi connectivity index (χ1n) is 6.81. The third-order valence-electron chi connectivity index (χ3n) is 3.68. The lowest BCUT2D eigenvalue weighted by atomic mass is 10.0. The predicted octanol–water partition coefficient (Wildman–Crippen LogP) is 5.28. The normalized spacial score (nSPS) is 15.9. The van der Waals surface area contributed by atoms with Crippen molar-refractivity contribution in [2.45, 2.75) is 0 Å². The Morgan fingerprint density at radius 1 is 0.545 bits per heavy atom. The van der Waals surface area contributed by atoms with Crippen LogP contribution in [0.15, 0.2) is 69.7 Å². The maximum Gasteiger partial charge on any atom is 0.0797 e. The smallest absolute Gasteiger partial charge is 0.0797 e. The van der Waals surface area contributed by atoms with E-state index in [0.717, 1.165) is 33.7 Å². The van der Waals surface area contributed by atoms with Crippen LogP contribution in [-0.2, 0) is 0 Å². The first-order valence-corrected chi connectivity index (χ1v) is 7.57. The van der Waals surface area contributed by atoms with Crippen LogP contribution in [0.25, 0.3) is 11.4 Å². The van der Waals surface area contributed by atoms with E-state index in [2.05, 4.69) is 9.98 Å². The summed E-state index contributed by atoms with van der Waals surface area (Å²) in [6.07, 6.45) is 3.74. The number of hydrogen-bond donors (Lipinski definition) is 0. The summed E-state index contributed by atoms with van der Waals surface area (Å²) in [5.41, 5.74) is 6.03. The van der Waals surface area contributed by atoms with E-state index in [1.807, 2.05) is 61.0 Å². The molecule has 4 rings (SSSR count). The third-order valence-corrected chi connectivity index (χ3v) is 4.19. The maximum absolute atomic E-state index is 5.94. The summed E-state index contributed by atoms with van der Waals surface area (Å²) in [6.45, 7) is 0. The predicted molar refractivity (Wildman–Crippen MR) is 93.7 cm³/mol. The molecule has 0 aromatic heterocycles. The Kier molecular flexibility index (Phi) is 3.21. The molecule has 0 N–H and O–H groups in total. The fourth-order valence-electron chi connectivity index (χ4n) is 2.59. The molecule has 0 amide bonds. The number of fused-ring (bicyclic) bond motifs is 1. The van der Waals surface area contributed by atoms with Gasteiger partial charge in [-0.1, -0.05) is 47.5 Å². The highest BCUT2D eigenvalue weighted by atomic mass is 35.5. The molecule has 2 aliphatic heterocycles. The van der Waals surface area contributed by atoms with Crippen LogP contribution in [0.3, 0.4) is 0 Å².